The second-order valence-corrected chi connectivity index (χ2v) is 7.92. The zero-order chi connectivity index (χ0) is 20.9. The Morgan fingerprint density at radius 1 is 1.17 bits per heavy atom. The molecule has 0 amide bonds. The summed E-state index contributed by atoms with van der Waals surface area (Å²) in [6.07, 6.45) is -4.61. The molecular formula is C19H11ClF3N3O2S. The molecule has 1 N–H and O–H groups in total. The molecule has 0 unspecified atom stereocenters. The maximum absolute atomic E-state index is 13.8. The van der Waals surface area contributed by atoms with E-state index < -0.39 is 17.7 Å². The Hall–Kier alpha value is -2.91. The molecule has 0 fully saturated rings. The lowest BCUT2D eigenvalue weighted by Crippen LogP contribution is -2.08. The Bertz CT molecular complexity index is 1250. The maximum Gasteiger partial charge on any atom is 0.417 e. The van der Waals surface area contributed by atoms with Crippen molar-refractivity contribution in [1.29, 1.82) is 0 Å². The van der Waals surface area contributed by atoms with Gasteiger partial charge in [0.2, 0.25) is 0 Å². The van der Waals surface area contributed by atoms with E-state index in [9.17, 15) is 18.0 Å². The third-order valence-electron chi connectivity index (χ3n) is 4.30. The van der Waals surface area contributed by atoms with Crippen LogP contribution in [0, 0.1) is 6.92 Å². The lowest BCUT2D eigenvalue weighted by molar-refractivity contribution is -0.136. The van der Waals surface area contributed by atoms with Crippen molar-refractivity contribution < 1.29 is 23.1 Å². The Labute approximate surface area is 171 Å². The summed E-state index contributed by atoms with van der Waals surface area (Å²) in [7, 11) is 0. The highest BCUT2D eigenvalue weighted by Gasteiger charge is 2.36. The van der Waals surface area contributed by atoms with E-state index in [1.807, 2.05) is 0 Å². The molecule has 0 aliphatic heterocycles. The maximum atomic E-state index is 13.8. The van der Waals surface area contributed by atoms with Crippen molar-refractivity contribution in [3.63, 3.8) is 0 Å². The van der Waals surface area contributed by atoms with Crippen LogP contribution < -0.4 is 0 Å². The zero-order valence-corrected chi connectivity index (χ0v) is 16.2. The van der Waals surface area contributed by atoms with Crippen LogP contribution in [-0.2, 0) is 6.18 Å². The summed E-state index contributed by atoms with van der Waals surface area (Å²) in [5, 5.41) is 13.2. The van der Waals surface area contributed by atoms with Crippen LogP contribution in [0.5, 0.6) is 0 Å². The van der Waals surface area contributed by atoms with Gasteiger partial charge in [0.1, 0.15) is 0 Å². The molecular weight excluding hydrogens is 427 g/mol. The molecule has 0 spiro atoms. The fourth-order valence-electron chi connectivity index (χ4n) is 3.02. The highest BCUT2D eigenvalue weighted by atomic mass is 35.5. The normalized spacial score (nSPS) is 11.9. The molecule has 0 aliphatic rings. The molecule has 0 radical (unpaired) electrons. The average Bonchev–Trinajstić information content (AvgIpc) is 3.24. The van der Waals surface area contributed by atoms with Crippen molar-refractivity contribution in [3.8, 4) is 16.3 Å². The molecule has 0 bridgehead atoms. The largest absolute Gasteiger partial charge is 0.478 e. The summed E-state index contributed by atoms with van der Waals surface area (Å²) in [5.74, 6) is -1.10. The van der Waals surface area contributed by atoms with E-state index in [4.69, 9.17) is 16.7 Å². The van der Waals surface area contributed by atoms with Crippen LogP contribution >= 0.6 is 22.9 Å². The van der Waals surface area contributed by atoms with Crippen LogP contribution in [0.15, 0.2) is 42.5 Å². The van der Waals surface area contributed by atoms with Gasteiger partial charge in [0.05, 0.1) is 42.8 Å². The van der Waals surface area contributed by atoms with E-state index >= 15 is 0 Å². The van der Waals surface area contributed by atoms with Crippen LogP contribution in [0.4, 0.5) is 13.2 Å². The van der Waals surface area contributed by atoms with Crippen molar-refractivity contribution in [2.45, 2.75) is 13.1 Å². The van der Waals surface area contributed by atoms with Gasteiger partial charge in [-0.1, -0.05) is 11.6 Å². The van der Waals surface area contributed by atoms with E-state index in [1.54, 1.807) is 12.1 Å². The SMILES string of the molecule is Cc1nn(-c2ccc(C(=O)O)cc2)c2nc(-c3ccc(Cl)s3)cc(C(F)(F)F)c12. The number of thiophene rings is 1. The van der Waals surface area contributed by atoms with Crippen LogP contribution in [-0.4, -0.2) is 25.8 Å². The second kappa shape index (κ2) is 6.85. The number of carboxylic acid groups (broad SMARTS) is 1. The molecule has 10 heteroatoms. The van der Waals surface area contributed by atoms with E-state index in [0.717, 1.165) is 17.4 Å². The van der Waals surface area contributed by atoms with Crippen molar-refractivity contribution in [3.05, 3.63) is 63.6 Å². The van der Waals surface area contributed by atoms with Crippen LogP contribution in [0.1, 0.15) is 21.6 Å². The summed E-state index contributed by atoms with van der Waals surface area (Å²) >= 11 is 7.06. The zero-order valence-electron chi connectivity index (χ0n) is 14.7. The minimum absolute atomic E-state index is 0.0277. The highest BCUT2D eigenvalue weighted by Crippen LogP contribution is 2.40. The van der Waals surface area contributed by atoms with E-state index in [2.05, 4.69) is 10.1 Å². The number of fused-ring (bicyclic) bond motifs is 1. The first-order valence-corrected chi connectivity index (χ1v) is 9.41. The van der Waals surface area contributed by atoms with Gasteiger partial charge in [-0.05, 0) is 49.4 Å². The fourth-order valence-corrected chi connectivity index (χ4v) is 4.02. The highest BCUT2D eigenvalue weighted by molar-refractivity contribution is 7.19. The Morgan fingerprint density at radius 3 is 2.41 bits per heavy atom. The first kappa shape index (κ1) is 19.4. The standard InChI is InChI=1S/C19H11ClF3N3O2S/c1-9-16-12(19(21,22)23)8-13(14-6-7-15(20)29-14)24-17(16)26(25-9)11-4-2-10(3-5-11)18(27)28/h2-8H,1H3,(H,27,28). The van der Waals surface area contributed by atoms with Gasteiger partial charge in [-0.25, -0.2) is 14.5 Å². The van der Waals surface area contributed by atoms with Gasteiger partial charge in [0.25, 0.3) is 0 Å². The topological polar surface area (TPSA) is 68.0 Å². The van der Waals surface area contributed by atoms with Gasteiger partial charge in [-0.3, -0.25) is 0 Å². The molecule has 5 nitrogen and oxygen atoms in total. The molecule has 0 saturated carbocycles. The van der Waals surface area contributed by atoms with E-state index in [0.29, 0.717) is 14.9 Å². The van der Waals surface area contributed by atoms with Gasteiger partial charge in [-0.2, -0.15) is 18.3 Å². The van der Waals surface area contributed by atoms with Gasteiger partial charge in [0, 0.05) is 0 Å². The van der Waals surface area contributed by atoms with E-state index in [-0.39, 0.29) is 28.0 Å². The van der Waals surface area contributed by atoms with Gasteiger partial charge >= 0.3 is 12.1 Å². The molecule has 0 atom stereocenters. The number of nitrogens with zero attached hydrogens (tertiary/aromatic N) is 3. The summed E-state index contributed by atoms with van der Waals surface area (Å²) in [6.45, 7) is 1.48. The number of hydrogen-bond acceptors (Lipinski definition) is 4. The fraction of sp³-hybridized carbons (Fsp3) is 0.105. The number of pyridine rings is 1. The molecule has 148 valence electrons. The number of benzene rings is 1. The van der Waals surface area contributed by atoms with Gasteiger partial charge in [0.15, 0.2) is 5.65 Å². The Morgan fingerprint density at radius 2 is 1.86 bits per heavy atom. The molecule has 4 rings (SSSR count). The summed E-state index contributed by atoms with van der Waals surface area (Å²) in [4.78, 5) is 16.0. The number of carbonyl (C=O) groups is 1. The Kier molecular flexibility index (Phi) is 4.59. The lowest BCUT2D eigenvalue weighted by atomic mass is 10.1. The number of halogens is 4. The predicted molar refractivity (Wildman–Crippen MR) is 104 cm³/mol. The summed E-state index contributed by atoms with van der Waals surface area (Å²) in [5.41, 5.74) is -0.0642. The molecule has 3 heterocycles. The van der Waals surface area contributed by atoms with E-state index in [1.165, 1.54) is 35.9 Å². The van der Waals surface area contributed by atoms with Crippen molar-refractivity contribution >= 4 is 39.9 Å². The predicted octanol–water partition coefficient (Wildman–Crippen LogP) is 5.83. The van der Waals surface area contributed by atoms with Gasteiger partial charge in [-0.15, -0.1) is 11.3 Å². The molecule has 4 aromatic rings. The second-order valence-electron chi connectivity index (χ2n) is 6.20. The number of aryl methyl sites for hydroxylation is 1. The van der Waals surface area contributed by atoms with Crippen molar-refractivity contribution in [2.75, 3.05) is 0 Å². The molecule has 0 aliphatic carbocycles. The number of rotatable bonds is 3. The molecule has 1 aromatic carbocycles. The third kappa shape index (κ3) is 3.47. The monoisotopic (exact) mass is 437 g/mol. The van der Waals surface area contributed by atoms with Crippen LogP contribution in [0.25, 0.3) is 27.3 Å². The first-order valence-electron chi connectivity index (χ1n) is 8.22. The number of carboxylic acids is 1. The lowest BCUT2D eigenvalue weighted by Gasteiger charge is -2.11. The smallest absolute Gasteiger partial charge is 0.417 e. The first-order chi connectivity index (χ1) is 13.6. The van der Waals surface area contributed by atoms with Crippen LogP contribution in [0.2, 0.25) is 4.34 Å². The number of hydrogen-bond donors (Lipinski definition) is 1. The average molecular weight is 438 g/mol. The summed E-state index contributed by atoms with van der Waals surface area (Å²) < 4.78 is 43.1. The van der Waals surface area contributed by atoms with Crippen molar-refractivity contribution in [2.24, 2.45) is 0 Å². The Balaban J connectivity index is 2.00. The summed E-state index contributed by atoms with van der Waals surface area (Å²) in [6, 6.07) is 9.85. The molecule has 3 aromatic heterocycles. The third-order valence-corrected chi connectivity index (χ3v) is 5.56. The van der Waals surface area contributed by atoms with Crippen molar-refractivity contribution in [1.82, 2.24) is 14.8 Å². The van der Waals surface area contributed by atoms with Crippen LogP contribution in [0.3, 0.4) is 0 Å². The number of aromatic carboxylic acids is 1. The number of aromatic nitrogens is 3. The minimum Gasteiger partial charge on any atom is -0.478 e. The molecule has 0 saturated heterocycles. The molecule has 29 heavy (non-hydrogen) atoms. The van der Waals surface area contributed by atoms with Gasteiger partial charge < -0.3 is 5.11 Å². The quantitative estimate of drug-likeness (QED) is 0.438. The number of alkyl halides is 3. The minimum atomic E-state index is -4.61.